The van der Waals surface area contributed by atoms with Crippen LogP contribution in [0.1, 0.15) is 18.4 Å². The summed E-state index contributed by atoms with van der Waals surface area (Å²) < 4.78 is 1.15. The third-order valence-corrected chi connectivity index (χ3v) is 5.30. The first kappa shape index (κ1) is 12.6. The van der Waals surface area contributed by atoms with Gasteiger partial charge in [-0.3, -0.25) is 4.98 Å². The highest BCUT2D eigenvalue weighted by Gasteiger charge is 2.26. The van der Waals surface area contributed by atoms with Gasteiger partial charge >= 0.3 is 0 Å². The topological polar surface area (TPSA) is 28.2 Å². The molecule has 4 rings (SSSR count). The molecule has 3 nitrogen and oxygen atoms in total. The van der Waals surface area contributed by atoms with Crippen molar-refractivity contribution in [3.63, 3.8) is 0 Å². The van der Waals surface area contributed by atoms with Crippen LogP contribution < -0.4 is 10.2 Å². The summed E-state index contributed by atoms with van der Waals surface area (Å²) in [5, 5.41) is 6.11. The molecule has 0 unspecified atom stereocenters. The van der Waals surface area contributed by atoms with Gasteiger partial charge in [0.15, 0.2) is 0 Å². The minimum atomic E-state index is 0.682. The molecule has 1 saturated heterocycles. The lowest BCUT2D eigenvalue weighted by atomic mass is 9.95. The van der Waals surface area contributed by atoms with E-state index >= 15 is 0 Å². The van der Waals surface area contributed by atoms with Crippen molar-refractivity contribution in [1.82, 2.24) is 10.3 Å². The van der Waals surface area contributed by atoms with Crippen molar-refractivity contribution in [1.29, 1.82) is 0 Å². The summed E-state index contributed by atoms with van der Waals surface area (Å²) in [7, 11) is 0. The zero-order valence-electron chi connectivity index (χ0n) is 11.4. The van der Waals surface area contributed by atoms with Crippen LogP contribution in [0.15, 0.2) is 29.0 Å². The molecule has 1 aromatic heterocycles. The van der Waals surface area contributed by atoms with E-state index in [0.717, 1.165) is 30.5 Å². The Balaban J connectivity index is 1.86. The van der Waals surface area contributed by atoms with Crippen LogP contribution in [0.25, 0.3) is 10.8 Å². The van der Waals surface area contributed by atoms with Crippen LogP contribution in [0, 0.1) is 0 Å². The van der Waals surface area contributed by atoms with Crippen molar-refractivity contribution >= 4 is 32.4 Å². The number of hydrogen-bond acceptors (Lipinski definition) is 3. The van der Waals surface area contributed by atoms with Crippen LogP contribution in [0.4, 0.5) is 5.69 Å². The second-order valence-corrected chi connectivity index (χ2v) is 6.57. The van der Waals surface area contributed by atoms with Gasteiger partial charge in [0.1, 0.15) is 0 Å². The highest BCUT2D eigenvalue weighted by Crippen LogP contribution is 2.38. The molecule has 0 bridgehead atoms. The van der Waals surface area contributed by atoms with Crippen molar-refractivity contribution in [2.24, 2.45) is 0 Å². The number of benzene rings is 1. The molecule has 104 valence electrons. The number of nitrogens with zero attached hydrogens (tertiary/aromatic N) is 2. The van der Waals surface area contributed by atoms with Gasteiger partial charge in [0.2, 0.25) is 0 Å². The molecule has 2 aromatic rings. The third-order valence-electron chi connectivity index (χ3n) is 4.61. The van der Waals surface area contributed by atoms with Crippen LogP contribution in [0.5, 0.6) is 0 Å². The van der Waals surface area contributed by atoms with Gasteiger partial charge in [-0.05, 0) is 50.0 Å². The summed E-state index contributed by atoms with van der Waals surface area (Å²) in [6, 6.07) is 5.13. The number of pyridine rings is 1. The molecular weight excluding hydrogens is 314 g/mol. The number of hydrogen-bond donors (Lipinski definition) is 1. The van der Waals surface area contributed by atoms with E-state index in [9.17, 15) is 0 Å². The van der Waals surface area contributed by atoms with Crippen LogP contribution >= 0.6 is 15.9 Å². The van der Waals surface area contributed by atoms with Gasteiger partial charge in [-0.2, -0.15) is 0 Å². The highest BCUT2D eigenvalue weighted by atomic mass is 79.9. The zero-order chi connectivity index (χ0) is 13.5. The summed E-state index contributed by atoms with van der Waals surface area (Å²) in [5.74, 6) is 0. The van der Waals surface area contributed by atoms with E-state index in [1.54, 1.807) is 0 Å². The van der Waals surface area contributed by atoms with Crippen molar-refractivity contribution < 1.29 is 0 Å². The van der Waals surface area contributed by atoms with E-state index < -0.39 is 0 Å². The Morgan fingerprint density at radius 2 is 2.05 bits per heavy atom. The third kappa shape index (κ3) is 1.93. The van der Waals surface area contributed by atoms with E-state index in [0.29, 0.717) is 6.04 Å². The molecule has 2 aliphatic heterocycles. The molecule has 0 aliphatic carbocycles. The van der Waals surface area contributed by atoms with Gasteiger partial charge in [-0.1, -0.05) is 15.9 Å². The Kier molecular flexibility index (Phi) is 3.15. The standard InChI is InChI=1S/C16H18BrN3/c17-14-1-2-15-16-11(9-19-10-13(14)16)5-8-20(15)12-3-6-18-7-4-12/h1-2,9-10,12,18H,3-8H2. The number of piperidine rings is 1. The van der Waals surface area contributed by atoms with Crippen molar-refractivity contribution in [3.05, 3.63) is 34.6 Å². The molecule has 1 N–H and O–H groups in total. The van der Waals surface area contributed by atoms with E-state index in [2.05, 4.69) is 43.3 Å². The van der Waals surface area contributed by atoms with E-state index in [1.807, 2.05) is 12.4 Å². The molecule has 0 spiro atoms. The highest BCUT2D eigenvalue weighted by molar-refractivity contribution is 9.10. The molecule has 0 saturated carbocycles. The van der Waals surface area contributed by atoms with E-state index in [1.165, 1.54) is 34.9 Å². The predicted molar refractivity (Wildman–Crippen MR) is 86.4 cm³/mol. The molecule has 3 heterocycles. The fourth-order valence-electron chi connectivity index (χ4n) is 3.60. The number of halogens is 1. The molecule has 2 aliphatic rings. The normalized spacial score (nSPS) is 19.6. The fourth-order valence-corrected chi connectivity index (χ4v) is 4.03. The lowest BCUT2D eigenvalue weighted by Gasteiger charge is -2.39. The first-order chi connectivity index (χ1) is 9.84. The lowest BCUT2D eigenvalue weighted by molar-refractivity contribution is 0.429. The molecule has 0 radical (unpaired) electrons. The number of nitrogens with one attached hydrogen (secondary N) is 1. The Hall–Kier alpha value is -1.13. The molecular formula is C16H18BrN3. The van der Waals surface area contributed by atoms with E-state index in [-0.39, 0.29) is 0 Å². The first-order valence-corrected chi connectivity index (χ1v) is 8.16. The monoisotopic (exact) mass is 331 g/mol. The molecule has 1 fully saturated rings. The second kappa shape index (κ2) is 5.01. The molecule has 0 amide bonds. The van der Waals surface area contributed by atoms with Crippen LogP contribution in [0.2, 0.25) is 0 Å². The van der Waals surface area contributed by atoms with E-state index in [4.69, 9.17) is 0 Å². The minimum absolute atomic E-state index is 0.682. The maximum atomic E-state index is 4.40. The van der Waals surface area contributed by atoms with Gasteiger partial charge < -0.3 is 10.2 Å². The maximum absolute atomic E-state index is 4.40. The summed E-state index contributed by atoms with van der Waals surface area (Å²) in [5.41, 5.74) is 2.79. The van der Waals surface area contributed by atoms with Gasteiger partial charge in [-0.25, -0.2) is 0 Å². The van der Waals surface area contributed by atoms with Crippen molar-refractivity contribution in [3.8, 4) is 0 Å². The average Bonchev–Trinajstić information content (AvgIpc) is 2.52. The van der Waals surface area contributed by atoms with Crippen molar-refractivity contribution in [2.45, 2.75) is 25.3 Å². The summed E-state index contributed by atoms with van der Waals surface area (Å²) in [6.07, 6.45) is 7.63. The Morgan fingerprint density at radius 3 is 2.90 bits per heavy atom. The summed E-state index contributed by atoms with van der Waals surface area (Å²) in [6.45, 7) is 3.41. The first-order valence-electron chi connectivity index (χ1n) is 7.37. The molecule has 4 heteroatoms. The quantitative estimate of drug-likeness (QED) is 0.870. The molecule has 1 aromatic carbocycles. The predicted octanol–water partition coefficient (Wildman–Crippen LogP) is 3.11. The smallest absolute Gasteiger partial charge is 0.0453 e. The molecule has 0 atom stereocenters. The number of anilines is 1. The zero-order valence-corrected chi connectivity index (χ0v) is 13.0. The number of aromatic nitrogens is 1. The Bertz CT molecular complexity index is 649. The molecule has 20 heavy (non-hydrogen) atoms. The van der Waals surface area contributed by atoms with Gasteiger partial charge in [0.05, 0.1) is 0 Å². The number of rotatable bonds is 1. The van der Waals surface area contributed by atoms with Crippen LogP contribution in [-0.2, 0) is 6.42 Å². The average molecular weight is 332 g/mol. The van der Waals surface area contributed by atoms with Gasteiger partial charge in [0.25, 0.3) is 0 Å². The summed E-state index contributed by atoms with van der Waals surface area (Å²) >= 11 is 3.67. The largest absolute Gasteiger partial charge is 0.368 e. The summed E-state index contributed by atoms with van der Waals surface area (Å²) in [4.78, 5) is 7.03. The van der Waals surface area contributed by atoms with Crippen LogP contribution in [0.3, 0.4) is 0 Å². The van der Waals surface area contributed by atoms with Crippen molar-refractivity contribution in [2.75, 3.05) is 24.5 Å². The Morgan fingerprint density at radius 1 is 1.20 bits per heavy atom. The SMILES string of the molecule is Brc1ccc2c3c(cncc13)CCN2C1CCNCC1. The maximum Gasteiger partial charge on any atom is 0.0453 e. The van der Waals surface area contributed by atoms with Gasteiger partial charge in [0, 0.05) is 45.9 Å². The lowest BCUT2D eigenvalue weighted by Crippen LogP contribution is -2.45. The van der Waals surface area contributed by atoms with Gasteiger partial charge in [-0.15, -0.1) is 0 Å². The minimum Gasteiger partial charge on any atom is -0.368 e. The Labute approximate surface area is 127 Å². The second-order valence-electron chi connectivity index (χ2n) is 5.71. The van der Waals surface area contributed by atoms with Crippen LogP contribution in [-0.4, -0.2) is 30.7 Å². The fraction of sp³-hybridized carbons (Fsp3) is 0.438.